The van der Waals surface area contributed by atoms with Gasteiger partial charge < -0.3 is 10.1 Å². The summed E-state index contributed by atoms with van der Waals surface area (Å²) in [4.78, 5) is 11.6. The zero-order chi connectivity index (χ0) is 11.2. The van der Waals surface area contributed by atoms with E-state index in [1.807, 2.05) is 20.8 Å². The van der Waals surface area contributed by atoms with Gasteiger partial charge in [0.2, 0.25) is 5.91 Å². The topological polar surface area (TPSA) is 38.3 Å². The minimum absolute atomic E-state index is 0.0488. The molecule has 0 bridgehead atoms. The van der Waals surface area contributed by atoms with Gasteiger partial charge in [0, 0.05) is 20.1 Å². The van der Waals surface area contributed by atoms with Crippen LogP contribution < -0.4 is 5.32 Å². The van der Waals surface area contributed by atoms with Crippen LogP contribution in [0.25, 0.3) is 0 Å². The highest BCUT2D eigenvalue weighted by Crippen LogP contribution is 2.17. The van der Waals surface area contributed by atoms with Crippen molar-refractivity contribution in [3.8, 4) is 0 Å². The number of halogens is 1. The first-order chi connectivity index (χ1) is 6.35. The molecule has 1 unspecified atom stereocenters. The Morgan fingerprint density at radius 2 is 2.07 bits per heavy atom. The molecule has 0 radical (unpaired) electrons. The summed E-state index contributed by atoms with van der Waals surface area (Å²) in [7, 11) is 1.64. The van der Waals surface area contributed by atoms with Gasteiger partial charge in [-0.1, -0.05) is 36.7 Å². The molecule has 4 heteroatoms. The Labute approximate surface area is 94.7 Å². The molecule has 0 aliphatic rings. The summed E-state index contributed by atoms with van der Waals surface area (Å²) in [5.74, 6) is 0.0954. The van der Waals surface area contributed by atoms with Crippen molar-refractivity contribution in [1.29, 1.82) is 0 Å². The highest BCUT2D eigenvalue weighted by Gasteiger charge is 2.16. The summed E-state index contributed by atoms with van der Waals surface area (Å²) in [5.41, 5.74) is 0.0488. The molecule has 0 spiro atoms. The predicted octanol–water partition coefficient (Wildman–Crippen LogP) is 1.95. The van der Waals surface area contributed by atoms with E-state index in [4.69, 9.17) is 4.74 Å². The van der Waals surface area contributed by atoms with Crippen molar-refractivity contribution < 1.29 is 9.53 Å². The highest BCUT2D eigenvalue weighted by atomic mass is 79.9. The maximum Gasteiger partial charge on any atom is 0.220 e. The second kappa shape index (κ2) is 6.40. The van der Waals surface area contributed by atoms with Gasteiger partial charge in [0.05, 0.1) is 11.4 Å². The van der Waals surface area contributed by atoms with Crippen LogP contribution >= 0.6 is 15.9 Å². The molecule has 0 aromatic rings. The fourth-order valence-electron chi connectivity index (χ4n) is 1.01. The number of carbonyl (C=O) groups is 1. The Hall–Kier alpha value is -0.0900. The minimum atomic E-state index is 0.0488. The quantitative estimate of drug-likeness (QED) is 0.772. The average Bonchev–Trinajstić information content (AvgIpc) is 1.98. The molecule has 0 aromatic heterocycles. The van der Waals surface area contributed by atoms with Crippen molar-refractivity contribution >= 4 is 21.8 Å². The number of hydrogen-bond acceptors (Lipinski definition) is 2. The number of ether oxygens (including phenoxy) is 1. The fraction of sp³-hybridized carbons (Fsp3) is 0.900. The van der Waals surface area contributed by atoms with Crippen LogP contribution in [-0.2, 0) is 9.53 Å². The number of methoxy groups -OCH3 is 1. The van der Waals surface area contributed by atoms with Crippen LogP contribution in [0.15, 0.2) is 0 Å². The Morgan fingerprint density at radius 3 is 2.50 bits per heavy atom. The third-order valence-corrected chi connectivity index (χ3v) is 2.15. The second-order valence-electron chi connectivity index (χ2n) is 4.59. The zero-order valence-electron chi connectivity index (χ0n) is 9.39. The molecule has 0 heterocycles. The van der Waals surface area contributed by atoms with E-state index in [9.17, 15) is 4.79 Å². The van der Waals surface area contributed by atoms with Crippen molar-refractivity contribution in [2.45, 2.75) is 32.0 Å². The number of nitrogens with one attached hydrogen (secondary N) is 1. The SMILES string of the molecule is COCC(Br)CNC(=O)CC(C)(C)C. The Bertz CT molecular complexity index is 177. The van der Waals surface area contributed by atoms with E-state index in [1.165, 1.54) is 0 Å². The molecular formula is C10H20BrNO2. The van der Waals surface area contributed by atoms with Crippen molar-refractivity contribution in [1.82, 2.24) is 5.32 Å². The largest absolute Gasteiger partial charge is 0.383 e. The van der Waals surface area contributed by atoms with Gasteiger partial charge >= 0.3 is 0 Å². The van der Waals surface area contributed by atoms with E-state index < -0.39 is 0 Å². The fourth-order valence-corrected chi connectivity index (χ4v) is 1.43. The van der Waals surface area contributed by atoms with Gasteiger partial charge in [-0.15, -0.1) is 0 Å². The van der Waals surface area contributed by atoms with Gasteiger partial charge in [-0.25, -0.2) is 0 Å². The normalized spacial score (nSPS) is 13.8. The maximum absolute atomic E-state index is 11.4. The van der Waals surface area contributed by atoms with Crippen molar-refractivity contribution in [3.63, 3.8) is 0 Å². The van der Waals surface area contributed by atoms with Gasteiger partial charge in [0.25, 0.3) is 0 Å². The van der Waals surface area contributed by atoms with Crippen LogP contribution in [0.3, 0.4) is 0 Å². The number of rotatable bonds is 5. The lowest BCUT2D eigenvalue weighted by Crippen LogP contribution is -2.33. The van der Waals surface area contributed by atoms with E-state index in [0.29, 0.717) is 19.6 Å². The smallest absolute Gasteiger partial charge is 0.220 e. The van der Waals surface area contributed by atoms with Crippen LogP contribution in [0.4, 0.5) is 0 Å². The van der Waals surface area contributed by atoms with Crippen molar-refractivity contribution in [2.24, 2.45) is 5.41 Å². The van der Waals surface area contributed by atoms with Crippen molar-refractivity contribution in [3.05, 3.63) is 0 Å². The maximum atomic E-state index is 11.4. The molecule has 0 aromatic carbocycles. The average molecular weight is 266 g/mol. The summed E-state index contributed by atoms with van der Waals surface area (Å²) < 4.78 is 4.94. The monoisotopic (exact) mass is 265 g/mol. The van der Waals surface area contributed by atoms with Crippen LogP contribution in [0.5, 0.6) is 0 Å². The lowest BCUT2D eigenvalue weighted by atomic mass is 9.92. The lowest BCUT2D eigenvalue weighted by molar-refractivity contribution is -0.122. The first kappa shape index (κ1) is 13.9. The third-order valence-electron chi connectivity index (χ3n) is 1.56. The van der Waals surface area contributed by atoms with Crippen molar-refractivity contribution in [2.75, 3.05) is 20.3 Å². The molecule has 0 fully saturated rings. The molecule has 0 aliphatic heterocycles. The summed E-state index contributed by atoms with van der Waals surface area (Å²) in [5, 5.41) is 2.86. The van der Waals surface area contributed by atoms with Gasteiger partial charge in [0.1, 0.15) is 0 Å². The first-order valence-electron chi connectivity index (χ1n) is 4.75. The van der Waals surface area contributed by atoms with Crippen LogP contribution in [0.1, 0.15) is 27.2 Å². The van der Waals surface area contributed by atoms with E-state index >= 15 is 0 Å². The van der Waals surface area contributed by atoms with Crippen LogP contribution in [-0.4, -0.2) is 31.0 Å². The van der Waals surface area contributed by atoms with E-state index in [1.54, 1.807) is 7.11 Å². The minimum Gasteiger partial charge on any atom is -0.383 e. The van der Waals surface area contributed by atoms with E-state index in [2.05, 4.69) is 21.2 Å². The number of amides is 1. The lowest BCUT2D eigenvalue weighted by Gasteiger charge is -2.18. The highest BCUT2D eigenvalue weighted by molar-refractivity contribution is 9.09. The molecule has 1 amide bonds. The molecule has 1 atom stereocenters. The molecule has 14 heavy (non-hydrogen) atoms. The molecule has 0 aliphatic carbocycles. The Balaban J connectivity index is 3.64. The van der Waals surface area contributed by atoms with Gasteiger partial charge in [0.15, 0.2) is 0 Å². The summed E-state index contributed by atoms with van der Waals surface area (Å²) in [6, 6.07) is 0. The first-order valence-corrected chi connectivity index (χ1v) is 5.66. The number of carbonyl (C=O) groups excluding carboxylic acids is 1. The van der Waals surface area contributed by atoms with Gasteiger partial charge in [-0.3, -0.25) is 4.79 Å². The number of alkyl halides is 1. The predicted molar refractivity (Wildman–Crippen MR) is 61.7 cm³/mol. The second-order valence-corrected chi connectivity index (χ2v) is 5.89. The molecule has 0 saturated carbocycles. The third kappa shape index (κ3) is 8.51. The van der Waals surface area contributed by atoms with Crippen LogP contribution in [0, 0.1) is 5.41 Å². The molecule has 0 rings (SSSR count). The molecule has 3 nitrogen and oxygen atoms in total. The molecule has 1 N–H and O–H groups in total. The van der Waals surface area contributed by atoms with Crippen LogP contribution in [0.2, 0.25) is 0 Å². The van der Waals surface area contributed by atoms with E-state index in [-0.39, 0.29) is 16.1 Å². The van der Waals surface area contributed by atoms with E-state index in [0.717, 1.165) is 0 Å². The van der Waals surface area contributed by atoms with Gasteiger partial charge in [-0.2, -0.15) is 0 Å². The van der Waals surface area contributed by atoms with Gasteiger partial charge in [-0.05, 0) is 5.41 Å². The Morgan fingerprint density at radius 1 is 1.50 bits per heavy atom. The molecular weight excluding hydrogens is 246 g/mol. The summed E-state index contributed by atoms with van der Waals surface area (Å²) in [6.45, 7) is 7.37. The summed E-state index contributed by atoms with van der Waals surface area (Å²) in [6.07, 6.45) is 0.555. The standard InChI is InChI=1S/C10H20BrNO2/c1-10(2,3)5-9(13)12-6-8(11)7-14-4/h8H,5-7H2,1-4H3,(H,12,13). The molecule has 84 valence electrons. The molecule has 0 saturated heterocycles. The zero-order valence-corrected chi connectivity index (χ0v) is 11.0. The Kier molecular flexibility index (Phi) is 6.36. The summed E-state index contributed by atoms with van der Waals surface area (Å²) >= 11 is 3.41. The number of hydrogen-bond donors (Lipinski definition) is 1.